The van der Waals surface area contributed by atoms with Gasteiger partial charge in [-0.05, 0) is 36.8 Å². The molecule has 2 aromatic rings. The van der Waals surface area contributed by atoms with Crippen molar-refractivity contribution < 1.29 is 24.2 Å². The van der Waals surface area contributed by atoms with Crippen LogP contribution in [0, 0.1) is 0 Å². The van der Waals surface area contributed by atoms with Gasteiger partial charge in [0.15, 0.2) is 6.61 Å². The molecule has 0 aliphatic heterocycles. The molecule has 0 aromatic heterocycles. The van der Waals surface area contributed by atoms with Gasteiger partial charge in [-0.25, -0.2) is 4.79 Å². The van der Waals surface area contributed by atoms with Gasteiger partial charge in [-0.2, -0.15) is 0 Å². The van der Waals surface area contributed by atoms with Crippen LogP contribution in [0.2, 0.25) is 0 Å². The molecule has 0 heterocycles. The molecule has 0 saturated heterocycles. The number of esters is 1. The van der Waals surface area contributed by atoms with E-state index < -0.39 is 24.5 Å². The van der Waals surface area contributed by atoms with Crippen LogP contribution < -0.4 is 10.6 Å². The first-order valence-corrected chi connectivity index (χ1v) is 7.88. The molecule has 0 aliphatic rings. The second-order valence-corrected chi connectivity index (χ2v) is 5.48. The van der Waals surface area contributed by atoms with Gasteiger partial charge in [0.25, 0.3) is 5.91 Å². The van der Waals surface area contributed by atoms with Crippen molar-refractivity contribution in [1.29, 1.82) is 0 Å². The Hall–Kier alpha value is -3.09. The fourth-order valence-corrected chi connectivity index (χ4v) is 2.28. The van der Waals surface area contributed by atoms with Gasteiger partial charge in [-0.3, -0.25) is 9.59 Å². The van der Waals surface area contributed by atoms with Crippen LogP contribution in [-0.2, 0) is 14.3 Å². The molecule has 7 nitrogen and oxygen atoms in total. The van der Waals surface area contributed by atoms with E-state index in [2.05, 4.69) is 10.6 Å². The number of likely N-dealkylation sites (N-methyl/N-ethyl adjacent to an activating group) is 1. The predicted octanol–water partition coefficient (Wildman–Crippen LogP) is 1.34. The van der Waals surface area contributed by atoms with Crippen LogP contribution >= 0.6 is 0 Å². The third kappa shape index (κ3) is 4.69. The molecule has 0 spiro atoms. The van der Waals surface area contributed by atoms with Gasteiger partial charge >= 0.3 is 5.97 Å². The Morgan fingerprint density at radius 3 is 2.44 bits per heavy atom. The summed E-state index contributed by atoms with van der Waals surface area (Å²) in [6, 6.07) is 9.46. The number of rotatable bonds is 6. The monoisotopic (exact) mass is 344 g/mol. The lowest BCUT2D eigenvalue weighted by Crippen LogP contribution is -2.46. The molecule has 1 atom stereocenters. The fourth-order valence-electron chi connectivity index (χ4n) is 2.28. The van der Waals surface area contributed by atoms with Crippen molar-refractivity contribution >= 4 is 28.6 Å². The van der Waals surface area contributed by atoms with E-state index in [9.17, 15) is 19.5 Å². The van der Waals surface area contributed by atoms with Crippen LogP contribution in [0.3, 0.4) is 0 Å². The zero-order valence-corrected chi connectivity index (χ0v) is 14.0. The summed E-state index contributed by atoms with van der Waals surface area (Å²) < 4.78 is 4.92. The van der Waals surface area contributed by atoms with Crippen LogP contribution in [0.5, 0.6) is 5.75 Å². The van der Waals surface area contributed by atoms with Crippen molar-refractivity contribution in [3.05, 3.63) is 42.0 Å². The topological polar surface area (TPSA) is 105 Å². The second-order valence-electron chi connectivity index (χ2n) is 5.48. The summed E-state index contributed by atoms with van der Waals surface area (Å²) in [5, 5.41) is 16.5. The molecule has 0 unspecified atom stereocenters. The van der Waals surface area contributed by atoms with Gasteiger partial charge < -0.3 is 20.5 Å². The Morgan fingerprint density at radius 2 is 1.80 bits per heavy atom. The average Bonchev–Trinajstić information content (AvgIpc) is 2.59. The summed E-state index contributed by atoms with van der Waals surface area (Å²) in [5.41, 5.74) is -0.0247. The van der Waals surface area contributed by atoms with E-state index in [-0.39, 0.29) is 17.2 Å². The number of fused-ring (bicyclic) bond motifs is 1. The molecule has 0 radical (unpaired) electrons. The van der Waals surface area contributed by atoms with Crippen molar-refractivity contribution in [2.75, 3.05) is 13.2 Å². The Kier molecular flexibility index (Phi) is 5.94. The molecule has 0 bridgehead atoms. The lowest BCUT2D eigenvalue weighted by Gasteiger charge is -2.13. The van der Waals surface area contributed by atoms with Crippen molar-refractivity contribution in [2.45, 2.75) is 19.9 Å². The first kappa shape index (κ1) is 18.3. The van der Waals surface area contributed by atoms with E-state index >= 15 is 0 Å². The minimum absolute atomic E-state index is 0.0247. The SMILES string of the molecule is CCNC(=O)[C@@H](C)NC(=O)COC(=O)c1cc2ccccc2cc1O. The summed E-state index contributed by atoms with van der Waals surface area (Å²) >= 11 is 0. The number of amides is 2. The lowest BCUT2D eigenvalue weighted by molar-refractivity contribution is -0.130. The molecule has 0 fully saturated rings. The number of aromatic hydroxyl groups is 1. The van der Waals surface area contributed by atoms with E-state index in [0.29, 0.717) is 6.54 Å². The van der Waals surface area contributed by atoms with Crippen LogP contribution in [0.15, 0.2) is 36.4 Å². The Balaban J connectivity index is 1.97. The third-order valence-electron chi connectivity index (χ3n) is 3.54. The van der Waals surface area contributed by atoms with Gasteiger partial charge in [-0.1, -0.05) is 24.3 Å². The molecule has 0 saturated carbocycles. The zero-order valence-electron chi connectivity index (χ0n) is 14.0. The number of benzene rings is 2. The summed E-state index contributed by atoms with van der Waals surface area (Å²) in [5.74, 6) is -1.97. The van der Waals surface area contributed by atoms with Gasteiger partial charge in [0.2, 0.25) is 5.91 Å². The predicted molar refractivity (Wildman–Crippen MR) is 92.2 cm³/mol. The maximum Gasteiger partial charge on any atom is 0.342 e. The number of hydrogen-bond donors (Lipinski definition) is 3. The molecule has 132 valence electrons. The minimum Gasteiger partial charge on any atom is -0.507 e. The molecule has 2 aromatic carbocycles. The summed E-state index contributed by atoms with van der Waals surface area (Å²) in [6.45, 7) is 3.20. The smallest absolute Gasteiger partial charge is 0.342 e. The number of ether oxygens (including phenoxy) is 1. The highest BCUT2D eigenvalue weighted by atomic mass is 16.5. The van der Waals surface area contributed by atoms with Crippen LogP contribution in [-0.4, -0.2) is 42.1 Å². The quantitative estimate of drug-likeness (QED) is 0.686. The number of hydrogen-bond acceptors (Lipinski definition) is 5. The highest BCUT2D eigenvalue weighted by Crippen LogP contribution is 2.25. The number of nitrogens with one attached hydrogen (secondary N) is 2. The number of phenols is 1. The van der Waals surface area contributed by atoms with Crippen molar-refractivity contribution in [2.24, 2.45) is 0 Å². The lowest BCUT2D eigenvalue weighted by atomic mass is 10.1. The molecule has 3 N–H and O–H groups in total. The van der Waals surface area contributed by atoms with E-state index in [1.165, 1.54) is 19.1 Å². The maximum absolute atomic E-state index is 12.1. The van der Waals surface area contributed by atoms with E-state index in [0.717, 1.165) is 10.8 Å². The van der Waals surface area contributed by atoms with E-state index in [4.69, 9.17) is 4.74 Å². The summed E-state index contributed by atoms with van der Waals surface area (Å²) in [7, 11) is 0. The van der Waals surface area contributed by atoms with Gasteiger partial charge in [0, 0.05) is 6.54 Å². The van der Waals surface area contributed by atoms with Crippen LogP contribution in [0.4, 0.5) is 0 Å². The first-order chi connectivity index (χ1) is 11.9. The van der Waals surface area contributed by atoms with Gasteiger partial charge in [-0.15, -0.1) is 0 Å². The van der Waals surface area contributed by atoms with Crippen molar-refractivity contribution in [3.63, 3.8) is 0 Å². The molecule has 2 rings (SSSR count). The first-order valence-electron chi connectivity index (χ1n) is 7.88. The van der Waals surface area contributed by atoms with Crippen LogP contribution in [0.1, 0.15) is 24.2 Å². The Morgan fingerprint density at radius 1 is 1.16 bits per heavy atom. The largest absolute Gasteiger partial charge is 0.507 e. The minimum atomic E-state index is -0.816. The Labute approximate surface area is 145 Å². The molecular formula is C18H20N2O5. The molecule has 0 aliphatic carbocycles. The van der Waals surface area contributed by atoms with Crippen molar-refractivity contribution in [1.82, 2.24) is 10.6 Å². The van der Waals surface area contributed by atoms with E-state index in [1.54, 1.807) is 19.1 Å². The molecule has 7 heteroatoms. The number of phenolic OH excluding ortho intramolecular Hbond substituents is 1. The fraction of sp³-hybridized carbons (Fsp3) is 0.278. The van der Waals surface area contributed by atoms with Crippen LogP contribution in [0.25, 0.3) is 10.8 Å². The maximum atomic E-state index is 12.1. The number of carbonyl (C=O) groups is 3. The summed E-state index contributed by atoms with van der Waals surface area (Å²) in [4.78, 5) is 35.4. The Bertz CT molecular complexity index is 803. The van der Waals surface area contributed by atoms with Gasteiger partial charge in [0.1, 0.15) is 17.4 Å². The summed E-state index contributed by atoms with van der Waals surface area (Å²) in [6.07, 6.45) is 0. The molecule has 25 heavy (non-hydrogen) atoms. The standard InChI is InChI=1S/C18H20N2O5/c1-3-19-17(23)11(2)20-16(22)10-25-18(24)14-8-12-6-4-5-7-13(12)9-15(14)21/h4-9,11,21H,3,10H2,1-2H3,(H,19,23)(H,20,22)/t11-/m1/s1. The highest BCUT2D eigenvalue weighted by molar-refractivity contribution is 5.99. The highest BCUT2D eigenvalue weighted by Gasteiger charge is 2.18. The van der Waals surface area contributed by atoms with Crippen molar-refractivity contribution in [3.8, 4) is 5.75 Å². The third-order valence-corrected chi connectivity index (χ3v) is 3.54. The average molecular weight is 344 g/mol. The zero-order chi connectivity index (χ0) is 18.4. The normalized spacial score (nSPS) is 11.6. The second kappa shape index (κ2) is 8.14. The molecular weight excluding hydrogens is 324 g/mol. The van der Waals surface area contributed by atoms with E-state index in [1.807, 2.05) is 12.1 Å². The van der Waals surface area contributed by atoms with Gasteiger partial charge in [0.05, 0.1) is 0 Å². The number of carbonyl (C=O) groups excluding carboxylic acids is 3. The molecule has 2 amide bonds.